The summed E-state index contributed by atoms with van der Waals surface area (Å²) in [5.41, 5.74) is 5.46. The third kappa shape index (κ3) is 7.02. The van der Waals surface area contributed by atoms with Gasteiger partial charge in [0.25, 0.3) is 0 Å². The van der Waals surface area contributed by atoms with E-state index in [1.165, 1.54) is 24.9 Å². The number of nitrogens with two attached hydrogens (primary N) is 1. The smallest absolute Gasteiger partial charge is 0.459 e. The van der Waals surface area contributed by atoms with Crippen molar-refractivity contribution in [3.8, 4) is 5.75 Å². The fraction of sp³-hybridized carbons (Fsp3) is 0.464. The molecule has 1 unspecified atom stereocenters. The second-order valence-electron chi connectivity index (χ2n) is 10.1. The summed E-state index contributed by atoms with van der Waals surface area (Å²) in [4.78, 5) is 41.5. The highest BCUT2D eigenvalue weighted by molar-refractivity contribution is 7.52. The predicted octanol–water partition coefficient (Wildman–Crippen LogP) is 2.92. The number of carbonyl (C=O) groups is 3. The Kier molecular flexibility index (Phi) is 10.3. The molecule has 1 saturated heterocycles. The fourth-order valence-corrected chi connectivity index (χ4v) is 6.25. The lowest BCUT2D eigenvalue weighted by molar-refractivity contribution is -0.170. The van der Waals surface area contributed by atoms with Gasteiger partial charge in [-0.15, -0.1) is 0 Å². The molecule has 0 saturated carbocycles. The zero-order chi connectivity index (χ0) is 32.1. The molecule has 16 heteroatoms. The van der Waals surface area contributed by atoms with E-state index in [-0.39, 0.29) is 24.4 Å². The van der Waals surface area contributed by atoms with Crippen LogP contribution in [0.2, 0.25) is 0 Å². The van der Waals surface area contributed by atoms with Gasteiger partial charge >= 0.3 is 25.7 Å². The second-order valence-corrected chi connectivity index (χ2v) is 11.8. The minimum Gasteiger partial charge on any atom is -0.468 e. The summed E-state index contributed by atoms with van der Waals surface area (Å²) in [6.07, 6.45) is -2.24. The summed E-state index contributed by atoms with van der Waals surface area (Å²) < 4.78 is 49.9. The Labute approximate surface area is 253 Å². The molecule has 0 amide bonds. The Hall–Kier alpha value is -4.04. The van der Waals surface area contributed by atoms with Crippen LogP contribution < -0.4 is 15.3 Å². The molecule has 15 nitrogen and oxygen atoms in total. The summed E-state index contributed by atoms with van der Waals surface area (Å²) in [6, 6.07) is 10.5. The van der Waals surface area contributed by atoms with E-state index in [0.717, 1.165) is 0 Å². The van der Waals surface area contributed by atoms with E-state index in [4.69, 9.17) is 33.7 Å². The van der Waals surface area contributed by atoms with Crippen LogP contribution in [-0.4, -0.2) is 70.6 Å². The standard InChI is InChI=1S/C28H36N5O10P/c1-6-22(34)40-24-20(15-39-44(37,32-17(3)27(36)38-5)43-18-11-9-8-10-12-18)42-28(4,25(24)41-23(35)7-2)21-14-13-19-26(29)30-16-31-33(19)21/h8-14,16-17,20,24-25H,6-7,15H2,1-5H3,(H,32,37)(H2,29,30,31)/t17-,20+,24+,25+,28-,44?/m0/s1. The third-order valence-corrected chi connectivity index (χ3v) is 8.63. The first-order valence-electron chi connectivity index (χ1n) is 13.9. The third-order valence-electron chi connectivity index (χ3n) is 6.98. The maximum absolute atomic E-state index is 14.0. The lowest BCUT2D eigenvalue weighted by Crippen LogP contribution is -2.45. The molecule has 238 valence electrons. The first kappa shape index (κ1) is 32.9. The number of methoxy groups -OCH3 is 1. The van der Waals surface area contributed by atoms with E-state index < -0.39 is 62.2 Å². The molecule has 1 aliphatic rings. The van der Waals surface area contributed by atoms with Gasteiger partial charge in [-0.25, -0.2) is 14.1 Å². The summed E-state index contributed by atoms with van der Waals surface area (Å²) in [7, 11) is -3.12. The van der Waals surface area contributed by atoms with Crippen molar-refractivity contribution in [3.05, 3.63) is 54.5 Å². The van der Waals surface area contributed by atoms with Crippen LogP contribution in [-0.2, 0) is 48.0 Å². The lowest BCUT2D eigenvalue weighted by Gasteiger charge is -2.31. The highest BCUT2D eigenvalue weighted by Crippen LogP contribution is 2.48. The molecule has 0 bridgehead atoms. The number of benzene rings is 1. The molecule has 1 aliphatic heterocycles. The number of esters is 3. The van der Waals surface area contributed by atoms with Gasteiger partial charge < -0.3 is 29.2 Å². The fourth-order valence-electron chi connectivity index (χ4n) is 4.75. The van der Waals surface area contributed by atoms with Crippen LogP contribution in [0.25, 0.3) is 5.52 Å². The van der Waals surface area contributed by atoms with Crippen molar-refractivity contribution >= 4 is 37.0 Å². The van der Waals surface area contributed by atoms with E-state index in [9.17, 15) is 18.9 Å². The van der Waals surface area contributed by atoms with Crippen molar-refractivity contribution in [2.45, 2.75) is 70.5 Å². The molecule has 4 rings (SSSR count). The topological polar surface area (TPSA) is 192 Å². The number of nitrogens with one attached hydrogen (secondary N) is 1. The molecule has 6 atom stereocenters. The largest absolute Gasteiger partial charge is 0.468 e. The highest BCUT2D eigenvalue weighted by Gasteiger charge is 2.59. The first-order valence-corrected chi connectivity index (χ1v) is 15.5. The van der Waals surface area contributed by atoms with Gasteiger partial charge in [0.1, 0.15) is 35.3 Å². The van der Waals surface area contributed by atoms with Crippen molar-refractivity contribution in [1.29, 1.82) is 0 Å². The molecule has 1 aromatic carbocycles. The molecule has 0 spiro atoms. The first-order chi connectivity index (χ1) is 20.9. The minimum atomic E-state index is -4.31. The predicted molar refractivity (Wildman–Crippen MR) is 155 cm³/mol. The van der Waals surface area contributed by atoms with Crippen molar-refractivity contribution in [2.75, 3.05) is 19.5 Å². The van der Waals surface area contributed by atoms with Crippen molar-refractivity contribution in [1.82, 2.24) is 19.7 Å². The number of carbonyl (C=O) groups excluding carboxylic acids is 3. The Morgan fingerprint density at radius 1 is 1.11 bits per heavy atom. The molecule has 3 heterocycles. The van der Waals surface area contributed by atoms with Crippen molar-refractivity contribution in [2.24, 2.45) is 0 Å². The van der Waals surface area contributed by atoms with Crippen LogP contribution in [0.15, 0.2) is 48.8 Å². The van der Waals surface area contributed by atoms with Gasteiger partial charge in [0.15, 0.2) is 18.0 Å². The summed E-state index contributed by atoms with van der Waals surface area (Å²) in [6.45, 7) is 5.82. The number of fused-ring (bicyclic) bond motifs is 1. The summed E-state index contributed by atoms with van der Waals surface area (Å²) in [5.74, 6) is -1.49. The SMILES string of the molecule is CCC(=O)O[C@H]1[C@@H](OC(=O)CC)[C@](C)(c2ccc3c(N)ncnn23)O[C@@H]1COP(=O)(N[C@@H](C)C(=O)OC)Oc1ccccc1. The van der Waals surface area contributed by atoms with Crippen LogP contribution in [0.1, 0.15) is 46.2 Å². The second kappa shape index (κ2) is 13.7. The molecule has 3 N–H and O–H groups in total. The van der Waals surface area contributed by atoms with Gasteiger partial charge in [-0.3, -0.25) is 18.9 Å². The van der Waals surface area contributed by atoms with Crippen LogP contribution >= 0.6 is 7.75 Å². The normalized spacial score (nSPS) is 23.4. The van der Waals surface area contributed by atoms with Gasteiger partial charge in [0.2, 0.25) is 0 Å². The summed E-state index contributed by atoms with van der Waals surface area (Å²) >= 11 is 0. The Morgan fingerprint density at radius 2 is 1.80 bits per heavy atom. The van der Waals surface area contributed by atoms with Crippen LogP contribution in [0.4, 0.5) is 5.82 Å². The molecular formula is C28H36N5O10P. The van der Waals surface area contributed by atoms with Gasteiger partial charge in [-0.05, 0) is 38.1 Å². The average molecular weight is 634 g/mol. The maximum Gasteiger partial charge on any atom is 0.459 e. The van der Waals surface area contributed by atoms with E-state index >= 15 is 0 Å². The molecule has 0 radical (unpaired) electrons. The monoisotopic (exact) mass is 633 g/mol. The average Bonchev–Trinajstić information content (AvgIpc) is 3.57. The zero-order valence-electron chi connectivity index (χ0n) is 25.0. The van der Waals surface area contributed by atoms with E-state index in [1.807, 2.05) is 0 Å². The number of nitrogen functional groups attached to an aromatic ring is 1. The van der Waals surface area contributed by atoms with Crippen molar-refractivity contribution < 1.29 is 46.9 Å². The number of hydrogen-bond acceptors (Lipinski definition) is 13. The van der Waals surface area contributed by atoms with Gasteiger partial charge in [-0.1, -0.05) is 32.0 Å². The Balaban J connectivity index is 1.73. The number of anilines is 1. The molecule has 3 aromatic rings. The summed E-state index contributed by atoms with van der Waals surface area (Å²) in [5, 5.41) is 6.86. The molecule has 44 heavy (non-hydrogen) atoms. The minimum absolute atomic E-state index is 0.0147. The Bertz CT molecular complexity index is 1540. The number of rotatable bonds is 13. The Morgan fingerprint density at radius 3 is 2.45 bits per heavy atom. The lowest BCUT2D eigenvalue weighted by atomic mass is 9.92. The quantitative estimate of drug-likeness (QED) is 0.159. The number of aromatic nitrogens is 3. The number of nitrogens with zero attached hydrogens (tertiary/aromatic N) is 3. The molecule has 2 aromatic heterocycles. The van der Waals surface area contributed by atoms with E-state index in [1.54, 1.807) is 63.2 Å². The number of ether oxygens (including phenoxy) is 4. The highest BCUT2D eigenvalue weighted by atomic mass is 31.2. The van der Waals surface area contributed by atoms with Crippen LogP contribution in [0.3, 0.4) is 0 Å². The maximum atomic E-state index is 14.0. The van der Waals surface area contributed by atoms with Crippen LogP contribution in [0.5, 0.6) is 5.75 Å². The molecule has 1 fully saturated rings. The van der Waals surface area contributed by atoms with Gasteiger partial charge in [0, 0.05) is 12.8 Å². The van der Waals surface area contributed by atoms with Gasteiger partial charge in [-0.2, -0.15) is 10.2 Å². The zero-order valence-corrected chi connectivity index (χ0v) is 25.9. The van der Waals surface area contributed by atoms with Gasteiger partial charge in [0.05, 0.1) is 19.4 Å². The molecule has 0 aliphatic carbocycles. The van der Waals surface area contributed by atoms with Crippen molar-refractivity contribution in [3.63, 3.8) is 0 Å². The van der Waals surface area contributed by atoms with E-state index in [0.29, 0.717) is 11.2 Å². The number of para-hydroxylation sites is 1. The van der Waals surface area contributed by atoms with E-state index in [2.05, 4.69) is 15.2 Å². The molecular weight excluding hydrogens is 597 g/mol. The van der Waals surface area contributed by atoms with Crippen LogP contribution in [0, 0.1) is 0 Å². The number of hydrogen-bond donors (Lipinski definition) is 2.